The van der Waals surface area contributed by atoms with E-state index in [0.29, 0.717) is 6.07 Å². The van der Waals surface area contributed by atoms with Crippen LogP contribution in [0.15, 0.2) is 34.8 Å². The number of rotatable bonds is 4. The zero-order valence-electron chi connectivity index (χ0n) is 10.4. The second-order valence-corrected chi connectivity index (χ2v) is 4.98. The van der Waals surface area contributed by atoms with Crippen molar-refractivity contribution in [1.82, 2.24) is 0 Å². The van der Waals surface area contributed by atoms with Gasteiger partial charge >= 0.3 is 0 Å². The Labute approximate surface area is 125 Å². The van der Waals surface area contributed by atoms with E-state index in [2.05, 4.69) is 21.2 Å². The van der Waals surface area contributed by atoms with Crippen LogP contribution in [0.3, 0.4) is 0 Å². The minimum atomic E-state index is -0.778. The lowest BCUT2D eigenvalue weighted by Crippen LogP contribution is -2.05. The third-order valence-corrected chi connectivity index (χ3v) is 3.33. The van der Waals surface area contributed by atoms with Gasteiger partial charge in [0, 0.05) is 18.2 Å². The van der Waals surface area contributed by atoms with Gasteiger partial charge in [0.2, 0.25) is 0 Å². The van der Waals surface area contributed by atoms with Gasteiger partial charge in [0.05, 0.1) is 15.5 Å². The van der Waals surface area contributed by atoms with Crippen LogP contribution in [0.2, 0.25) is 0 Å². The van der Waals surface area contributed by atoms with Gasteiger partial charge in [-0.05, 0) is 28.1 Å². The summed E-state index contributed by atoms with van der Waals surface area (Å²) in [5.74, 6) is -2.27. The van der Waals surface area contributed by atoms with Crippen molar-refractivity contribution < 1.29 is 18.1 Å². The summed E-state index contributed by atoms with van der Waals surface area (Å²) in [6.45, 7) is -0.106. The molecule has 8 heteroatoms. The maximum Gasteiger partial charge on any atom is 0.295 e. The molecule has 0 amide bonds. The maximum absolute atomic E-state index is 13.5. The van der Waals surface area contributed by atoms with Crippen LogP contribution < -0.4 is 5.32 Å². The molecule has 0 saturated heterocycles. The van der Waals surface area contributed by atoms with E-state index in [1.54, 1.807) is 0 Å². The highest BCUT2D eigenvalue weighted by Gasteiger charge is 2.17. The topological polar surface area (TPSA) is 55.2 Å². The molecule has 0 bridgehead atoms. The molecule has 0 atom stereocenters. The van der Waals surface area contributed by atoms with Crippen LogP contribution in [0.4, 0.5) is 24.5 Å². The predicted molar refractivity (Wildman–Crippen MR) is 74.4 cm³/mol. The van der Waals surface area contributed by atoms with Gasteiger partial charge in [-0.2, -0.15) is 0 Å². The maximum atomic E-state index is 13.5. The quantitative estimate of drug-likeness (QED) is 0.649. The standard InChI is InChI=1S/C13H8BrF3N2O2/c14-9-4-12(13(19(20)21)5-11(9)17)18-6-7-1-2-8(15)3-10(7)16/h1-5,18H,6H2. The molecule has 4 nitrogen and oxygen atoms in total. The third kappa shape index (κ3) is 3.52. The van der Waals surface area contributed by atoms with E-state index in [4.69, 9.17) is 0 Å². The summed E-state index contributed by atoms with van der Waals surface area (Å²) in [5.41, 5.74) is -0.318. The van der Waals surface area contributed by atoms with Crippen molar-refractivity contribution in [2.75, 3.05) is 5.32 Å². The molecule has 2 aromatic carbocycles. The monoisotopic (exact) mass is 360 g/mol. The molecule has 0 aliphatic carbocycles. The molecule has 0 spiro atoms. The van der Waals surface area contributed by atoms with Crippen molar-refractivity contribution in [3.63, 3.8) is 0 Å². The molecule has 0 radical (unpaired) electrons. The molecule has 21 heavy (non-hydrogen) atoms. The number of hydrogen-bond acceptors (Lipinski definition) is 3. The van der Waals surface area contributed by atoms with Crippen LogP contribution in [-0.2, 0) is 6.54 Å². The molecule has 0 heterocycles. The predicted octanol–water partition coefficient (Wildman–Crippen LogP) is 4.39. The van der Waals surface area contributed by atoms with E-state index >= 15 is 0 Å². The highest BCUT2D eigenvalue weighted by atomic mass is 79.9. The molecule has 0 fully saturated rings. The molecule has 2 rings (SSSR count). The van der Waals surface area contributed by atoms with Crippen molar-refractivity contribution in [2.45, 2.75) is 6.54 Å². The summed E-state index contributed by atoms with van der Waals surface area (Å²) in [4.78, 5) is 10.1. The minimum Gasteiger partial charge on any atom is -0.375 e. The lowest BCUT2D eigenvalue weighted by Gasteiger charge is -2.09. The number of halogens is 4. The molecule has 0 aromatic heterocycles. The summed E-state index contributed by atoms with van der Waals surface area (Å²) in [5, 5.41) is 13.5. The first-order valence-corrected chi connectivity index (χ1v) is 6.49. The fraction of sp³-hybridized carbons (Fsp3) is 0.0769. The van der Waals surface area contributed by atoms with Crippen molar-refractivity contribution in [1.29, 1.82) is 0 Å². The Morgan fingerprint density at radius 1 is 1.14 bits per heavy atom. The minimum absolute atomic E-state index is 0.0250. The number of nitro benzene ring substituents is 1. The van der Waals surface area contributed by atoms with E-state index in [0.717, 1.165) is 12.1 Å². The van der Waals surface area contributed by atoms with E-state index in [9.17, 15) is 23.3 Å². The third-order valence-electron chi connectivity index (χ3n) is 2.72. The van der Waals surface area contributed by atoms with Crippen LogP contribution >= 0.6 is 15.9 Å². The van der Waals surface area contributed by atoms with Gasteiger partial charge < -0.3 is 5.32 Å². The number of nitro groups is 1. The van der Waals surface area contributed by atoms with E-state index in [1.807, 2.05) is 0 Å². The van der Waals surface area contributed by atoms with Crippen LogP contribution in [0.1, 0.15) is 5.56 Å². The Morgan fingerprint density at radius 3 is 2.48 bits per heavy atom. The van der Waals surface area contributed by atoms with Gasteiger partial charge in [-0.15, -0.1) is 0 Å². The summed E-state index contributed by atoms with van der Waals surface area (Å²) >= 11 is 2.92. The molecular weight excluding hydrogens is 353 g/mol. The number of hydrogen-bond donors (Lipinski definition) is 1. The zero-order valence-corrected chi connectivity index (χ0v) is 12.0. The molecule has 0 unspecified atom stereocenters. The number of nitrogens with one attached hydrogen (secondary N) is 1. The van der Waals surface area contributed by atoms with Crippen LogP contribution in [0.25, 0.3) is 0 Å². The Morgan fingerprint density at radius 2 is 1.86 bits per heavy atom. The molecule has 1 N–H and O–H groups in total. The summed E-state index contributed by atoms with van der Waals surface area (Å²) in [6.07, 6.45) is 0. The Hall–Kier alpha value is -2.09. The van der Waals surface area contributed by atoms with Gasteiger partial charge in [-0.1, -0.05) is 6.07 Å². The van der Waals surface area contributed by atoms with Gasteiger partial charge in [0.1, 0.15) is 23.1 Å². The summed E-state index contributed by atoms with van der Waals surface area (Å²) in [6, 6.07) is 4.96. The van der Waals surface area contributed by atoms with Crippen LogP contribution in [-0.4, -0.2) is 4.92 Å². The van der Waals surface area contributed by atoms with Crippen molar-refractivity contribution in [2.24, 2.45) is 0 Å². The van der Waals surface area contributed by atoms with Gasteiger partial charge in [0.15, 0.2) is 0 Å². The molecule has 0 aliphatic rings. The normalized spacial score (nSPS) is 10.5. The second kappa shape index (κ2) is 6.13. The fourth-order valence-electron chi connectivity index (χ4n) is 1.68. The van der Waals surface area contributed by atoms with E-state index in [1.165, 1.54) is 12.1 Å². The Balaban J connectivity index is 2.27. The van der Waals surface area contributed by atoms with E-state index in [-0.39, 0.29) is 22.3 Å². The fourth-order valence-corrected chi connectivity index (χ4v) is 2.03. The first-order chi connectivity index (χ1) is 9.88. The van der Waals surface area contributed by atoms with Gasteiger partial charge in [0.25, 0.3) is 5.69 Å². The first-order valence-electron chi connectivity index (χ1n) is 5.69. The highest BCUT2D eigenvalue weighted by molar-refractivity contribution is 9.10. The summed E-state index contributed by atoms with van der Waals surface area (Å²) < 4.78 is 39.6. The molecule has 0 saturated carbocycles. The van der Waals surface area contributed by atoms with Crippen molar-refractivity contribution in [3.8, 4) is 0 Å². The second-order valence-electron chi connectivity index (χ2n) is 4.13. The molecular formula is C13H8BrF3N2O2. The van der Waals surface area contributed by atoms with Gasteiger partial charge in [-0.3, -0.25) is 10.1 Å². The Kier molecular flexibility index (Phi) is 4.46. The number of anilines is 1. The molecule has 0 aliphatic heterocycles. The zero-order chi connectivity index (χ0) is 15.6. The van der Waals surface area contributed by atoms with Crippen molar-refractivity contribution >= 4 is 27.3 Å². The SMILES string of the molecule is O=[N+]([O-])c1cc(F)c(Br)cc1NCc1ccc(F)cc1F. The van der Waals surface area contributed by atoms with E-state index < -0.39 is 28.1 Å². The average molecular weight is 361 g/mol. The number of benzene rings is 2. The van der Waals surface area contributed by atoms with Crippen molar-refractivity contribution in [3.05, 3.63) is 67.9 Å². The summed E-state index contributed by atoms with van der Waals surface area (Å²) in [7, 11) is 0. The van der Waals surface area contributed by atoms with Crippen LogP contribution in [0, 0.1) is 27.6 Å². The Bertz CT molecular complexity index is 710. The average Bonchev–Trinajstić information content (AvgIpc) is 2.41. The smallest absolute Gasteiger partial charge is 0.295 e. The largest absolute Gasteiger partial charge is 0.375 e. The first kappa shape index (κ1) is 15.3. The number of nitrogens with zero attached hydrogens (tertiary/aromatic N) is 1. The van der Waals surface area contributed by atoms with Gasteiger partial charge in [-0.25, -0.2) is 13.2 Å². The lowest BCUT2D eigenvalue weighted by molar-refractivity contribution is -0.384. The van der Waals surface area contributed by atoms with Crippen LogP contribution in [0.5, 0.6) is 0 Å². The lowest BCUT2D eigenvalue weighted by atomic mass is 10.2. The molecule has 2 aromatic rings. The highest BCUT2D eigenvalue weighted by Crippen LogP contribution is 2.31. The molecule has 110 valence electrons.